The highest BCUT2D eigenvalue weighted by Crippen LogP contribution is 2.26. The van der Waals surface area contributed by atoms with Gasteiger partial charge in [0, 0.05) is 4.47 Å². The van der Waals surface area contributed by atoms with Crippen molar-refractivity contribution in [2.24, 2.45) is 5.84 Å². The maximum Gasteiger partial charge on any atom is 0.137 e. The third-order valence-corrected chi connectivity index (χ3v) is 4.33. The van der Waals surface area contributed by atoms with Crippen LogP contribution in [0.1, 0.15) is 17.2 Å². The molecule has 3 N–H and O–H groups in total. The van der Waals surface area contributed by atoms with Crippen LogP contribution >= 0.6 is 31.9 Å². The molecule has 0 aliphatic heterocycles. The number of nitrogens with one attached hydrogen (secondary N) is 1. The van der Waals surface area contributed by atoms with E-state index in [1.165, 1.54) is 18.2 Å². The summed E-state index contributed by atoms with van der Waals surface area (Å²) in [6, 6.07) is 9.02. The Morgan fingerprint density at radius 3 is 2.40 bits per heavy atom. The highest BCUT2D eigenvalue weighted by molar-refractivity contribution is 9.10. The molecule has 0 aliphatic rings. The number of hydrogen-bond donors (Lipinski definition) is 2. The molecular weight excluding hydrogens is 394 g/mol. The summed E-state index contributed by atoms with van der Waals surface area (Å²) in [7, 11) is 0. The number of nitrogens with two attached hydrogens (primary N) is 1. The van der Waals surface area contributed by atoms with E-state index in [4.69, 9.17) is 5.84 Å². The molecule has 0 fully saturated rings. The van der Waals surface area contributed by atoms with Crippen LogP contribution in [0.5, 0.6) is 0 Å². The zero-order valence-electron chi connectivity index (χ0n) is 10.3. The summed E-state index contributed by atoms with van der Waals surface area (Å²) in [5.41, 5.74) is 4.45. The van der Waals surface area contributed by atoms with Gasteiger partial charge in [-0.25, -0.2) is 8.78 Å². The molecule has 2 rings (SSSR count). The molecule has 0 saturated carbocycles. The molecule has 1 atom stereocenters. The Morgan fingerprint density at radius 2 is 1.80 bits per heavy atom. The average molecular weight is 406 g/mol. The van der Waals surface area contributed by atoms with E-state index < -0.39 is 0 Å². The van der Waals surface area contributed by atoms with Crippen LogP contribution in [-0.4, -0.2) is 0 Å². The summed E-state index contributed by atoms with van der Waals surface area (Å²) in [6.45, 7) is 0. The highest BCUT2D eigenvalue weighted by Gasteiger charge is 2.14. The van der Waals surface area contributed by atoms with E-state index in [0.717, 1.165) is 11.1 Å². The molecule has 0 spiro atoms. The number of halogens is 4. The van der Waals surface area contributed by atoms with Crippen LogP contribution in [-0.2, 0) is 6.42 Å². The number of benzene rings is 2. The summed E-state index contributed by atoms with van der Waals surface area (Å²) in [5, 5.41) is 0. The molecule has 0 aromatic heterocycles. The second-order valence-corrected chi connectivity index (χ2v) is 6.04. The van der Waals surface area contributed by atoms with Crippen molar-refractivity contribution in [3.05, 3.63) is 68.1 Å². The third kappa shape index (κ3) is 3.63. The molecule has 2 nitrogen and oxygen atoms in total. The Hall–Kier alpha value is -0.820. The number of hydrogen-bond acceptors (Lipinski definition) is 2. The first-order chi connectivity index (χ1) is 9.51. The van der Waals surface area contributed by atoms with Crippen LogP contribution in [0.3, 0.4) is 0 Å². The van der Waals surface area contributed by atoms with Crippen molar-refractivity contribution in [1.29, 1.82) is 0 Å². The SMILES string of the molecule is NNC(Cc1ccc(F)cc1Br)c1ccc(F)c(Br)c1. The molecule has 20 heavy (non-hydrogen) atoms. The fourth-order valence-electron chi connectivity index (χ4n) is 1.91. The van der Waals surface area contributed by atoms with E-state index in [-0.39, 0.29) is 17.7 Å². The zero-order chi connectivity index (χ0) is 14.7. The monoisotopic (exact) mass is 404 g/mol. The average Bonchev–Trinajstić information content (AvgIpc) is 2.41. The van der Waals surface area contributed by atoms with Crippen LogP contribution in [0.4, 0.5) is 8.78 Å². The third-order valence-electron chi connectivity index (χ3n) is 2.99. The van der Waals surface area contributed by atoms with E-state index in [9.17, 15) is 8.78 Å². The van der Waals surface area contributed by atoms with Gasteiger partial charge in [-0.1, -0.05) is 28.1 Å². The van der Waals surface area contributed by atoms with E-state index in [1.54, 1.807) is 18.2 Å². The zero-order valence-corrected chi connectivity index (χ0v) is 13.5. The Labute approximate surface area is 132 Å². The standard InChI is InChI=1S/C14H12Br2F2N2/c15-11-7-10(17)3-1-8(11)6-14(20-19)9-2-4-13(18)12(16)5-9/h1-5,7,14,20H,6,19H2. The van der Waals surface area contributed by atoms with Crippen molar-refractivity contribution < 1.29 is 8.78 Å². The normalized spacial score (nSPS) is 12.4. The molecule has 0 bridgehead atoms. The summed E-state index contributed by atoms with van der Waals surface area (Å²) >= 11 is 6.48. The van der Waals surface area contributed by atoms with Gasteiger partial charge in [0.15, 0.2) is 0 Å². The van der Waals surface area contributed by atoms with Gasteiger partial charge in [-0.2, -0.15) is 0 Å². The molecule has 1 unspecified atom stereocenters. The Bertz CT molecular complexity index is 620. The van der Waals surface area contributed by atoms with Gasteiger partial charge in [-0.15, -0.1) is 0 Å². The minimum absolute atomic E-state index is 0.200. The predicted octanol–water partition coefficient (Wildman–Crippen LogP) is 4.24. The number of hydrazine groups is 1. The first-order valence-electron chi connectivity index (χ1n) is 5.86. The lowest BCUT2D eigenvalue weighted by Gasteiger charge is -2.18. The first-order valence-corrected chi connectivity index (χ1v) is 7.45. The van der Waals surface area contributed by atoms with Crippen molar-refractivity contribution in [2.75, 3.05) is 0 Å². The summed E-state index contributed by atoms with van der Waals surface area (Å²) in [4.78, 5) is 0. The van der Waals surface area contributed by atoms with Gasteiger partial charge < -0.3 is 0 Å². The fourth-order valence-corrected chi connectivity index (χ4v) is 2.82. The largest absolute Gasteiger partial charge is 0.271 e. The highest BCUT2D eigenvalue weighted by atomic mass is 79.9. The molecule has 0 saturated heterocycles. The molecule has 2 aromatic carbocycles. The maximum atomic E-state index is 13.3. The topological polar surface area (TPSA) is 38.0 Å². The Morgan fingerprint density at radius 1 is 1.05 bits per heavy atom. The van der Waals surface area contributed by atoms with Gasteiger partial charge >= 0.3 is 0 Å². The van der Waals surface area contributed by atoms with Gasteiger partial charge in [-0.05, 0) is 57.7 Å². The van der Waals surface area contributed by atoms with Crippen LogP contribution < -0.4 is 11.3 Å². The summed E-state index contributed by atoms with van der Waals surface area (Å²) in [6.07, 6.45) is 0.551. The van der Waals surface area contributed by atoms with Crippen LogP contribution in [0.2, 0.25) is 0 Å². The van der Waals surface area contributed by atoms with Crippen LogP contribution in [0, 0.1) is 11.6 Å². The maximum absolute atomic E-state index is 13.3. The van der Waals surface area contributed by atoms with Crippen molar-refractivity contribution in [3.8, 4) is 0 Å². The first kappa shape index (κ1) is 15.6. The van der Waals surface area contributed by atoms with Crippen molar-refractivity contribution >= 4 is 31.9 Å². The Kier molecular flexibility index (Phi) is 5.26. The fraction of sp³-hybridized carbons (Fsp3) is 0.143. The van der Waals surface area contributed by atoms with Gasteiger partial charge in [0.1, 0.15) is 11.6 Å². The molecule has 0 radical (unpaired) electrons. The Balaban J connectivity index is 2.26. The van der Waals surface area contributed by atoms with E-state index in [0.29, 0.717) is 15.4 Å². The minimum atomic E-state index is -0.326. The van der Waals surface area contributed by atoms with Crippen molar-refractivity contribution in [3.63, 3.8) is 0 Å². The van der Waals surface area contributed by atoms with Crippen molar-refractivity contribution in [2.45, 2.75) is 12.5 Å². The summed E-state index contributed by atoms with van der Waals surface area (Å²) < 4.78 is 27.4. The summed E-state index contributed by atoms with van der Waals surface area (Å²) in [5.74, 6) is 4.94. The second kappa shape index (κ2) is 6.76. The quantitative estimate of drug-likeness (QED) is 0.589. The molecular formula is C14H12Br2F2N2. The lowest BCUT2D eigenvalue weighted by molar-refractivity contribution is 0.546. The molecule has 0 heterocycles. The van der Waals surface area contributed by atoms with E-state index in [1.807, 2.05) is 0 Å². The van der Waals surface area contributed by atoms with Gasteiger partial charge in [0.05, 0.1) is 10.5 Å². The minimum Gasteiger partial charge on any atom is -0.271 e. The van der Waals surface area contributed by atoms with Crippen LogP contribution in [0.25, 0.3) is 0 Å². The lowest BCUT2D eigenvalue weighted by atomic mass is 9.99. The van der Waals surface area contributed by atoms with Gasteiger partial charge in [-0.3, -0.25) is 11.3 Å². The van der Waals surface area contributed by atoms with Crippen LogP contribution in [0.15, 0.2) is 45.3 Å². The molecule has 0 aliphatic carbocycles. The van der Waals surface area contributed by atoms with E-state index in [2.05, 4.69) is 37.3 Å². The number of rotatable bonds is 4. The molecule has 0 amide bonds. The van der Waals surface area contributed by atoms with Crippen molar-refractivity contribution in [1.82, 2.24) is 5.43 Å². The second-order valence-electron chi connectivity index (χ2n) is 4.33. The van der Waals surface area contributed by atoms with Gasteiger partial charge in [0.25, 0.3) is 0 Å². The predicted molar refractivity (Wildman–Crippen MR) is 82.0 cm³/mol. The molecule has 6 heteroatoms. The smallest absolute Gasteiger partial charge is 0.137 e. The lowest BCUT2D eigenvalue weighted by Crippen LogP contribution is -2.29. The molecule has 106 valence electrons. The molecule has 2 aromatic rings. The van der Waals surface area contributed by atoms with E-state index >= 15 is 0 Å². The van der Waals surface area contributed by atoms with Gasteiger partial charge in [0.2, 0.25) is 0 Å².